The Labute approximate surface area is 85.9 Å². The summed E-state index contributed by atoms with van der Waals surface area (Å²) in [6.07, 6.45) is 5.14. The lowest BCUT2D eigenvalue weighted by atomic mass is 10.1. The molecule has 0 aromatic heterocycles. The second kappa shape index (κ2) is 7.41. The van der Waals surface area contributed by atoms with Crippen molar-refractivity contribution in [2.75, 3.05) is 0 Å². The molecule has 0 aromatic rings. The lowest BCUT2D eigenvalue weighted by Crippen LogP contribution is -2.11. The van der Waals surface area contributed by atoms with Gasteiger partial charge < -0.3 is 9.79 Å². The van der Waals surface area contributed by atoms with Gasteiger partial charge in [-0.1, -0.05) is 39.5 Å². The van der Waals surface area contributed by atoms with E-state index in [0.717, 1.165) is 38.5 Å². The van der Waals surface area contributed by atoms with Crippen LogP contribution in [0.3, 0.4) is 0 Å². The van der Waals surface area contributed by atoms with E-state index in [1.165, 1.54) is 0 Å². The Balaban J connectivity index is 3.90. The van der Waals surface area contributed by atoms with Crippen molar-refractivity contribution in [2.24, 2.45) is 0 Å². The molecule has 0 spiro atoms. The average Bonchev–Trinajstić information content (AvgIpc) is 2.07. The summed E-state index contributed by atoms with van der Waals surface area (Å²) in [4.78, 5) is 17.4. The topological polar surface area (TPSA) is 66.8 Å². The van der Waals surface area contributed by atoms with E-state index >= 15 is 0 Å². The molecule has 0 bridgehead atoms. The molecule has 14 heavy (non-hydrogen) atoms. The maximum atomic E-state index is 10.6. The van der Waals surface area contributed by atoms with Gasteiger partial charge in [0.25, 0.3) is 0 Å². The number of phosphoric ester groups is 1. The summed E-state index contributed by atoms with van der Waals surface area (Å²) in [6.45, 7) is 4.10. The molecule has 0 radical (unpaired) electrons. The number of rotatable bonds is 8. The van der Waals surface area contributed by atoms with Crippen LogP contribution in [-0.2, 0) is 9.09 Å². The fourth-order valence-corrected chi connectivity index (χ4v) is 1.91. The van der Waals surface area contributed by atoms with Crippen LogP contribution >= 0.6 is 7.82 Å². The van der Waals surface area contributed by atoms with Gasteiger partial charge in [0.1, 0.15) is 0 Å². The smallest absolute Gasteiger partial charge is 0.303 e. The summed E-state index contributed by atoms with van der Waals surface area (Å²) in [6, 6.07) is 0. The molecule has 0 atom stereocenters. The number of hydrogen-bond acceptors (Lipinski definition) is 2. The average molecular weight is 224 g/mol. The fraction of sp³-hybridized carbons (Fsp3) is 1.00. The van der Waals surface area contributed by atoms with E-state index in [0.29, 0.717) is 0 Å². The molecule has 0 fully saturated rings. The van der Waals surface area contributed by atoms with E-state index in [1.807, 2.05) is 13.8 Å². The van der Waals surface area contributed by atoms with Crippen molar-refractivity contribution in [2.45, 2.75) is 58.5 Å². The minimum atomic E-state index is -4.30. The quantitative estimate of drug-likeness (QED) is 0.622. The highest BCUT2D eigenvalue weighted by molar-refractivity contribution is 7.46. The first-order valence-electron chi connectivity index (χ1n) is 5.23. The molecule has 0 aliphatic carbocycles. The number of unbranched alkanes of at least 4 members (excludes halogenated alkanes) is 2. The highest BCUT2D eigenvalue weighted by Gasteiger charge is 2.21. The van der Waals surface area contributed by atoms with Crippen molar-refractivity contribution in [3.8, 4) is 0 Å². The molecule has 0 aliphatic rings. The molecule has 86 valence electrons. The molecule has 0 saturated heterocycles. The van der Waals surface area contributed by atoms with Gasteiger partial charge in [0.15, 0.2) is 0 Å². The lowest BCUT2D eigenvalue weighted by Gasteiger charge is -2.17. The molecule has 2 N–H and O–H groups in total. The van der Waals surface area contributed by atoms with Crippen molar-refractivity contribution >= 4 is 7.82 Å². The predicted octanol–water partition coefficient (Wildman–Crippen LogP) is 2.84. The third kappa shape index (κ3) is 8.70. The summed E-state index contributed by atoms with van der Waals surface area (Å²) in [7, 11) is -4.30. The second-order valence-corrected chi connectivity index (χ2v) is 4.69. The summed E-state index contributed by atoms with van der Waals surface area (Å²) in [5, 5.41) is 0. The zero-order chi connectivity index (χ0) is 11.0. The first-order valence-corrected chi connectivity index (χ1v) is 6.76. The maximum absolute atomic E-state index is 10.6. The van der Waals surface area contributed by atoms with Gasteiger partial charge in [0.2, 0.25) is 0 Å². The Kier molecular flexibility index (Phi) is 7.47. The predicted molar refractivity (Wildman–Crippen MR) is 56.0 cm³/mol. The maximum Gasteiger partial charge on any atom is 0.469 e. The molecule has 0 saturated carbocycles. The molecule has 0 amide bonds. The van der Waals surface area contributed by atoms with Crippen LogP contribution in [-0.4, -0.2) is 15.9 Å². The Morgan fingerprint density at radius 1 is 1.14 bits per heavy atom. The SMILES string of the molecule is CCCCC(CCCC)OP(=O)(O)O. The van der Waals surface area contributed by atoms with Crippen molar-refractivity contribution in [3.63, 3.8) is 0 Å². The largest absolute Gasteiger partial charge is 0.469 e. The lowest BCUT2D eigenvalue weighted by molar-refractivity contribution is 0.116. The number of phosphoric acid groups is 1. The molecule has 0 rings (SSSR count). The molecule has 0 aromatic carbocycles. The van der Waals surface area contributed by atoms with Crippen molar-refractivity contribution < 1.29 is 18.9 Å². The van der Waals surface area contributed by atoms with Gasteiger partial charge in [-0.2, -0.15) is 0 Å². The van der Waals surface area contributed by atoms with Gasteiger partial charge >= 0.3 is 7.82 Å². The van der Waals surface area contributed by atoms with E-state index in [2.05, 4.69) is 0 Å². The molecule has 0 unspecified atom stereocenters. The van der Waals surface area contributed by atoms with Gasteiger partial charge in [0, 0.05) is 0 Å². The van der Waals surface area contributed by atoms with Crippen molar-refractivity contribution in [1.82, 2.24) is 0 Å². The Morgan fingerprint density at radius 3 is 1.86 bits per heavy atom. The monoisotopic (exact) mass is 224 g/mol. The molecular formula is C9H21O4P. The zero-order valence-electron chi connectivity index (χ0n) is 8.98. The Hall–Kier alpha value is 0.110. The van der Waals surface area contributed by atoms with E-state index in [-0.39, 0.29) is 6.10 Å². The van der Waals surface area contributed by atoms with Crippen molar-refractivity contribution in [1.29, 1.82) is 0 Å². The summed E-state index contributed by atoms with van der Waals surface area (Å²) >= 11 is 0. The summed E-state index contributed by atoms with van der Waals surface area (Å²) < 4.78 is 15.3. The fourth-order valence-electron chi connectivity index (χ4n) is 1.31. The summed E-state index contributed by atoms with van der Waals surface area (Å²) in [5.41, 5.74) is 0. The first-order chi connectivity index (χ1) is 6.49. The van der Waals surface area contributed by atoms with E-state index in [9.17, 15) is 4.57 Å². The normalized spacial score (nSPS) is 12.4. The van der Waals surface area contributed by atoms with Crippen LogP contribution in [0.15, 0.2) is 0 Å². The highest BCUT2D eigenvalue weighted by Crippen LogP contribution is 2.39. The Morgan fingerprint density at radius 2 is 1.57 bits per heavy atom. The minimum Gasteiger partial charge on any atom is -0.303 e. The Bertz CT molecular complexity index is 170. The van der Waals surface area contributed by atoms with Gasteiger partial charge in [-0.3, -0.25) is 4.52 Å². The van der Waals surface area contributed by atoms with Crippen LogP contribution in [0.1, 0.15) is 52.4 Å². The second-order valence-electron chi connectivity index (χ2n) is 3.50. The van der Waals surface area contributed by atoms with Crippen molar-refractivity contribution in [3.05, 3.63) is 0 Å². The summed E-state index contributed by atoms with van der Waals surface area (Å²) in [5.74, 6) is 0. The van der Waals surface area contributed by atoms with Crippen LogP contribution in [0.2, 0.25) is 0 Å². The van der Waals surface area contributed by atoms with Crippen LogP contribution in [0.25, 0.3) is 0 Å². The highest BCUT2D eigenvalue weighted by atomic mass is 31.2. The molecule has 0 heterocycles. The van der Waals surface area contributed by atoms with Crippen LogP contribution in [0, 0.1) is 0 Å². The van der Waals surface area contributed by atoms with E-state index in [1.54, 1.807) is 0 Å². The molecule has 5 heteroatoms. The van der Waals surface area contributed by atoms with Crippen LogP contribution in [0.4, 0.5) is 0 Å². The molecule has 0 aliphatic heterocycles. The van der Waals surface area contributed by atoms with Gasteiger partial charge in [-0.15, -0.1) is 0 Å². The minimum absolute atomic E-state index is 0.282. The van der Waals surface area contributed by atoms with Crippen LogP contribution in [0.5, 0.6) is 0 Å². The van der Waals surface area contributed by atoms with Gasteiger partial charge in [-0.05, 0) is 12.8 Å². The molecule has 4 nitrogen and oxygen atoms in total. The molecular weight excluding hydrogens is 203 g/mol. The van der Waals surface area contributed by atoms with E-state index in [4.69, 9.17) is 14.3 Å². The van der Waals surface area contributed by atoms with E-state index < -0.39 is 7.82 Å². The first kappa shape index (κ1) is 14.1. The van der Waals surface area contributed by atoms with Crippen LogP contribution < -0.4 is 0 Å². The third-order valence-electron chi connectivity index (χ3n) is 2.05. The van der Waals surface area contributed by atoms with Gasteiger partial charge in [0.05, 0.1) is 6.10 Å². The standard InChI is InChI=1S/C9H21O4P/c1-3-5-7-9(8-6-4-2)13-14(10,11)12/h9H,3-8H2,1-2H3,(H2,10,11,12). The van der Waals surface area contributed by atoms with Gasteiger partial charge in [-0.25, -0.2) is 4.57 Å². The zero-order valence-corrected chi connectivity index (χ0v) is 9.87. The third-order valence-corrected chi connectivity index (χ3v) is 2.62. The number of hydrogen-bond donors (Lipinski definition) is 2.